The summed E-state index contributed by atoms with van der Waals surface area (Å²) < 4.78 is 0. The van der Waals surface area contributed by atoms with Gasteiger partial charge in [0.25, 0.3) is 0 Å². The molecule has 0 aromatic carbocycles. The van der Waals surface area contributed by atoms with Crippen LogP contribution >= 0.6 is 12.6 Å². The van der Waals surface area contributed by atoms with E-state index in [1.807, 2.05) is 6.92 Å². The molecule has 0 aromatic heterocycles. The van der Waals surface area contributed by atoms with E-state index in [1.54, 1.807) is 0 Å². The van der Waals surface area contributed by atoms with Crippen molar-refractivity contribution in [2.45, 2.75) is 38.4 Å². The lowest BCUT2D eigenvalue weighted by atomic mass is 10.1. The Labute approximate surface area is 72.8 Å². The normalized spacial score (nSPS) is 12.6. The Balaban J connectivity index is 3.66. The Hall–Kier alpha value is -0.310. The van der Waals surface area contributed by atoms with E-state index < -0.39 is 5.25 Å². The summed E-state index contributed by atoms with van der Waals surface area (Å²) in [4.78, 5) is 21.6. The summed E-state index contributed by atoms with van der Waals surface area (Å²) in [6.45, 7) is 3.40. The van der Waals surface area contributed by atoms with Gasteiger partial charge in [0.1, 0.15) is 11.6 Å². The van der Waals surface area contributed by atoms with E-state index >= 15 is 0 Å². The molecule has 1 unspecified atom stereocenters. The van der Waals surface area contributed by atoms with Gasteiger partial charge < -0.3 is 0 Å². The highest BCUT2D eigenvalue weighted by atomic mass is 32.1. The SMILES string of the molecule is CCCC(=O)CC(S)C(C)=O. The third kappa shape index (κ3) is 5.01. The summed E-state index contributed by atoms with van der Waals surface area (Å²) in [5.74, 6) is 0.0977. The molecule has 0 aromatic rings. The third-order valence-electron chi connectivity index (χ3n) is 1.42. The quantitative estimate of drug-likeness (QED) is 0.643. The average Bonchev–Trinajstić information content (AvgIpc) is 1.87. The molecule has 3 heteroatoms. The van der Waals surface area contributed by atoms with Crippen molar-refractivity contribution in [3.8, 4) is 0 Å². The molecule has 0 fully saturated rings. The first-order chi connectivity index (χ1) is 5.07. The molecule has 0 heterocycles. The highest BCUT2D eigenvalue weighted by Crippen LogP contribution is 2.05. The van der Waals surface area contributed by atoms with Crippen molar-refractivity contribution < 1.29 is 9.59 Å². The van der Waals surface area contributed by atoms with Gasteiger partial charge in [-0.1, -0.05) is 6.92 Å². The lowest BCUT2D eigenvalue weighted by molar-refractivity contribution is -0.122. The van der Waals surface area contributed by atoms with Crippen LogP contribution in [0.5, 0.6) is 0 Å². The molecule has 1 atom stereocenters. The minimum atomic E-state index is -0.394. The van der Waals surface area contributed by atoms with Gasteiger partial charge in [0.15, 0.2) is 0 Å². The molecule has 0 radical (unpaired) electrons. The molecule has 0 rings (SSSR count). The summed E-state index contributed by atoms with van der Waals surface area (Å²) in [5, 5.41) is -0.394. The molecular formula is C8H14O2S. The van der Waals surface area contributed by atoms with Crippen LogP contribution in [0.25, 0.3) is 0 Å². The zero-order chi connectivity index (χ0) is 8.85. The van der Waals surface area contributed by atoms with Gasteiger partial charge in [-0.2, -0.15) is 12.6 Å². The molecule has 0 N–H and O–H groups in total. The Kier molecular flexibility index (Phi) is 5.20. The van der Waals surface area contributed by atoms with E-state index in [0.717, 1.165) is 6.42 Å². The van der Waals surface area contributed by atoms with E-state index in [4.69, 9.17) is 0 Å². The predicted molar refractivity (Wildman–Crippen MR) is 48.0 cm³/mol. The molecule has 0 saturated carbocycles. The molecule has 0 saturated heterocycles. The van der Waals surface area contributed by atoms with Gasteiger partial charge in [-0.3, -0.25) is 9.59 Å². The topological polar surface area (TPSA) is 34.1 Å². The van der Waals surface area contributed by atoms with Crippen molar-refractivity contribution in [2.24, 2.45) is 0 Å². The van der Waals surface area contributed by atoms with E-state index in [0.29, 0.717) is 6.42 Å². The van der Waals surface area contributed by atoms with Crippen LogP contribution in [0.2, 0.25) is 0 Å². The number of Topliss-reactive ketones (excluding diaryl/α,β-unsaturated/α-hetero) is 2. The second-order valence-electron chi connectivity index (χ2n) is 2.62. The Morgan fingerprint density at radius 3 is 2.36 bits per heavy atom. The summed E-state index contributed by atoms with van der Waals surface area (Å²) in [7, 11) is 0. The highest BCUT2D eigenvalue weighted by Gasteiger charge is 2.12. The van der Waals surface area contributed by atoms with Crippen molar-refractivity contribution in [2.75, 3.05) is 0 Å². The van der Waals surface area contributed by atoms with Crippen LogP contribution < -0.4 is 0 Å². The fraction of sp³-hybridized carbons (Fsp3) is 0.750. The standard InChI is InChI=1S/C8H14O2S/c1-3-4-7(10)5-8(11)6(2)9/h8,11H,3-5H2,1-2H3. The van der Waals surface area contributed by atoms with Gasteiger partial charge >= 0.3 is 0 Å². The Morgan fingerprint density at radius 2 is 2.00 bits per heavy atom. The maximum Gasteiger partial charge on any atom is 0.142 e. The van der Waals surface area contributed by atoms with Gasteiger partial charge in [0.2, 0.25) is 0 Å². The Bertz CT molecular complexity index is 154. The first kappa shape index (κ1) is 10.7. The van der Waals surface area contributed by atoms with E-state index in [9.17, 15) is 9.59 Å². The monoisotopic (exact) mass is 174 g/mol. The number of hydrogen-bond donors (Lipinski definition) is 1. The number of ketones is 2. The predicted octanol–water partition coefficient (Wildman–Crippen LogP) is 1.63. The number of carbonyl (C=O) groups is 2. The maximum absolute atomic E-state index is 11.0. The van der Waals surface area contributed by atoms with Crippen LogP contribution in [-0.2, 0) is 9.59 Å². The van der Waals surface area contributed by atoms with E-state index in [-0.39, 0.29) is 18.0 Å². The summed E-state index contributed by atoms with van der Waals surface area (Å²) in [6.07, 6.45) is 1.69. The molecule has 0 amide bonds. The van der Waals surface area contributed by atoms with Crippen molar-refractivity contribution in [1.29, 1.82) is 0 Å². The fourth-order valence-electron chi connectivity index (χ4n) is 0.740. The number of thiol groups is 1. The fourth-order valence-corrected chi connectivity index (χ4v) is 0.944. The van der Waals surface area contributed by atoms with Crippen LogP contribution in [0.1, 0.15) is 33.1 Å². The van der Waals surface area contributed by atoms with Gasteiger partial charge in [0, 0.05) is 12.8 Å². The number of carbonyl (C=O) groups excluding carboxylic acids is 2. The average molecular weight is 174 g/mol. The second kappa shape index (κ2) is 5.35. The van der Waals surface area contributed by atoms with Gasteiger partial charge in [-0.25, -0.2) is 0 Å². The van der Waals surface area contributed by atoms with E-state index in [2.05, 4.69) is 12.6 Å². The molecule has 11 heavy (non-hydrogen) atoms. The maximum atomic E-state index is 11.0. The van der Waals surface area contributed by atoms with Crippen LogP contribution in [0, 0.1) is 0 Å². The van der Waals surface area contributed by atoms with Gasteiger partial charge in [-0.15, -0.1) is 0 Å². The molecule has 0 aliphatic carbocycles. The summed E-state index contributed by atoms with van der Waals surface area (Å²) in [5.41, 5.74) is 0. The minimum absolute atomic E-state index is 0.0298. The Morgan fingerprint density at radius 1 is 1.45 bits per heavy atom. The largest absolute Gasteiger partial charge is 0.300 e. The van der Waals surface area contributed by atoms with Crippen molar-refractivity contribution in [1.82, 2.24) is 0 Å². The van der Waals surface area contributed by atoms with Crippen LogP contribution in [0.4, 0.5) is 0 Å². The second-order valence-corrected chi connectivity index (χ2v) is 3.24. The van der Waals surface area contributed by atoms with Crippen LogP contribution in [0.3, 0.4) is 0 Å². The number of hydrogen-bond acceptors (Lipinski definition) is 3. The number of rotatable bonds is 5. The molecule has 0 aliphatic rings. The smallest absolute Gasteiger partial charge is 0.142 e. The van der Waals surface area contributed by atoms with Crippen LogP contribution in [0.15, 0.2) is 0 Å². The van der Waals surface area contributed by atoms with Gasteiger partial charge in [-0.05, 0) is 13.3 Å². The lowest BCUT2D eigenvalue weighted by Crippen LogP contribution is -2.15. The first-order valence-corrected chi connectivity index (χ1v) is 4.29. The highest BCUT2D eigenvalue weighted by molar-refractivity contribution is 7.81. The van der Waals surface area contributed by atoms with Crippen molar-refractivity contribution >= 4 is 24.2 Å². The molecule has 0 aliphatic heterocycles. The third-order valence-corrected chi connectivity index (χ3v) is 1.97. The molecular weight excluding hydrogens is 160 g/mol. The van der Waals surface area contributed by atoms with Crippen LogP contribution in [-0.4, -0.2) is 16.8 Å². The summed E-state index contributed by atoms with van der Waals surface area (Å²) >= 11 is 3.99. The zero-order valence-electron chi connectivity index (χ0n) is 6.96. The molecule has 0 bridgehead atoms. The lowest BCUT2D eigenvalue weighted by Gasteiger charge is -2.03. The minimum Gasteiger partial charge on any atom is -0.300 e. The molecule has 2 nitrogen and oxygen atoms in total. The van der Waals surface area contributed by atoms with Crippen molar-refractivity contribution in [3.63, 3.8) is 0 Å². The molecule has 0 spiro atoms. The molecule has 64 valence electrons. The zero-order valence-corrected chi connectivity index (χ0v) is 7.86. The summed E-state index contributed by atoms with van der Waals surface area (Å²) in [6, 6.07) is 0. The van der Waals surface area contributed by atoms with E-state index in [1.165, 1.54) is 6.92 Å². The first-order valence-electron chi connectivity index (χ1n) is 3.78. The van der Waals surface area contributed by atoms with Gasteiger partial charge in [0.05, 0.1) is 5.25 Å². The van der Waals surface area contributed by atoms with Crippen molar-refractivity contribution in [3.05, 3.63) is 0 Å².